The van der Waals surface area contributed by atoms with Crippen LogP contribution in [0.2, 0.25) is 0 Å². The van der Waals surface area contributed by atoms with Crippen molar-refractivity contribution in [1.82, 2.24) is 10.2 Å². The number of benzene rings is 1. The molecule has 3 amide bonds. The summed E-state index contributed by atoms with van der Waals surface area (Å²) >= 11 is 0. The molecule has 1 aromatic carbocycles. The van der Waals surface area contributed by atoms with Gasteiger partial charge in [0, 0.05) is 31.7 Å². The van der Waals surface area contributed by atoms with E-state index in [9.17, 15) is 19.5 Å². The Hall–Kier alpha value is -2.57. The summed E-state index contributed by atoms with van der Waals surface area (Å²) in [6.45, 7) is 7.91. The Morgan fingerprint density at radius 1 is 1.15 bits per heavy atom. The number of rotatable bonds is 2. The van der Waals surface area contributed by atoms with E-state index in [0.717, 1.165) is 11.3 Å². The maximum absolute atomic E-state index is 12.0. The molecule has 0 saturated carbocycles. The van der Waals surface area contributed by atoms with Crippen LogP contribution in [0.25, 0.3) is 0 Å². The molecule has 0 aromatic heterocycles. The molecule has 2 aliphatic rings. The summed E-state index contributed by atoms with van der Waals surface area (Å²) in [4.78, 5) is 38.7. The van der Waals surface area contributed by atoms with Crippen LogP contribution in [0.1, 0.15) is 45.1 Å². The third-order valence-electron chi connectivity index (χ3n) is 5.53. The fourth-order valence-corrected chi connectivity index (χ4v) is 3.92. The second-order valence-corrected chi connectivity index (χ2v) is 8.40. The highest BCUT2D eigenvalue weighted by Gasteiger charge is 2.38. The van der Waals surface area contributed by atoms with Crippen molar-refractivity contribution in [3.05, 3.63) is 29.8 Å². The van der Waals surface area contributed by atoms with Gasteiger partial charge in [-0.1, -0.05) is 32.9 Å². The number of amides is 3. The lowest BCUT2D eigenvalue weighted by atomic mass is 9.84. The van der Waals surface area contributed by atoms with Gasteiger partial charge in [-0.05, 0) is 29.5 Å². The molecule has 1 aromatic rings. The Labute approximate surface area is 159 Å². The Balaban J connectivity index is 1.74. The number of piperazine rings is 1. The van der Waals surface area contributed by atoms with Gasteiger partial charge in [0.1, 0.15) is 0 Å². The van der Waals surface area contributed by atoms with Crippen molar-refractivity contribution in [1.29, 1.82) is 0 Å². The highest BCUT2D eigenvalue weighted by atomic mass is 16.4. The highest BCUT2D eigenvalue weighted by Crippen LogP contribution is 2.31. The van der Waals surface area contributed by atoms with Gasteiger partial charge in [-0.3, -0.25) is 14.9 Å². The Bertz CT molecular complexity index is 739. The van der Waals surface area contributed by atoms with Gasteiger partial charge in [-0.15, -0.1) is 0 Å². The van der Waals surface area contributed by atoms with Crippen molar-refractivity contribution in [3.63, 3.8) is 0 Å². The van der Waals surface area contributed by atoms with Gasteiger partial charge < -0.3 is 14.9 Å². The Kier molecular flexibility index (Phi) is 5.13. The molecule has 0 spiro atoms. The number of nitrogens with zero attached hydrogens (tertiary/aromatic N) is 2. The van der Waals surface area contributed by atoms with Gasteiger partial charge in [0.2, 0.25) is 11.8 Å². The molecule has 2 saturated heterocycles. The van der Waals surface area contributed by atoms with Crippen LogP contribution in [0.4, 0.5) is 10.5 Å². The molecule has 0 radical (unpaired) electrons. The van der Waals surface area contributed by atoms with Crippen molar-refractivity contribution >= 4 is 23.6 Å². The van der Waals surface area contributed by atoms with E-state index in [1.165, 1.54) is 4.90 Å². The highest BCUT2D eigenvalue weighted by molar-refractivity contribution is 6.00. The molecule has 3 rings (SSSR count). The smallest absolute Gasteiger partial charge is 0.407 e. The number of nitrogens with one attached hydrogen (secondary N) is 1. The molecule has 2 N–H and O–H groups in total. The number of imide groups is 1. The first-order valence-corrected chi connectivity index (χ1v) is 9.35. The minimum Gasteiger partial charge on any atom is -0.465 e. The maximum atomic E-state index is 12.0. The molecule has 2 fully saturated rings. The predicted molar refractivity (Wildman–Crippen MR) is 102 cm³/mol. The molecule has 7 heteroatoms. The average Bonchev–Trinajstić information content (AvgIpc) is 2.60. The van der Waals surface area contributed by atoms with Gasteiger partial charge >= 0.3 is 6.09 Å². The Morgan fingerprint density at radius 2 is 1.81 bits per heavy atom. The van der Waals surface area contributed by atoms with E-state index >= 15 is 0 Å². The van der Waals surface area contributed by atoms with Crippen LogP contribution in [0, 0.1) is 5.41 Å². The fraction of sp³-hybridized carbons (Fsp3) is 0.550. The molecule has 27 heavy (non-hydrogen) atoms. The first-order chi connectivity index (χ1) is 12.7. The van der Waals surface area contributed by atoms with Crippen LogP contribution >= 0.6 is 0 Å². The van der Waals surface area contributed by atoms with Crippen LogP contribution in [0.3, 0.4) is 0 Å². The molecule has 2 unspecified atom stereocenters. The number of carboxylic acid groups (broad SMARTS) is 1. The van der Waals surface area contributed by atoms with Crippen LogP contribution < -0.4 is 10.2 Å². The predicted octanol–water partition coefficient (Wildman–Crippen LogP) is 2.42. The van der Waals surface area contributed by atoms with Crippen LogP contribution in [-0.2, 0) is 9.59 Å². The number of piperidine rings is 1. The van der Waals surface area contributed by atoms with Crippen LogP contribution in [0.5, 0.6) is 0 Å². The van der Waals surface area contributed by atoms with E-state index in [0.29, 0.717) is 32.5 Å². The zero-order valence-electron chi connectivity index (χ0n) is 16.1. The van der Waals surface area contributed by atoms with E-state index < -0.39 is 6.09 Å². The minimum absolute atomic E-state index is 0.0986. The minimum atomic E-state index is -0.872. The largest absolute Gasteiger partial charge is 0.465 e. The fourth-order valence-electron chi connectivity index (χ4n) is 3.92. The molecule has 2 atom stereocenters. The number of hydrogen-bond donors (Lipinski definition) is 2. The van der Waals surface area contributed by atoms with E-state index in [4.69, 9.17) is 0 Å². The van der Waals surface area contributed by atoms with Gasteiger partial charge in [-0.2, -0.15) is 0 Å². The summed E-state index contributed by atoms with van der Waals surface area (Å²) in [5, 5.41) is 11.9. The summed E-state index contributed by atoms with van der Waals surface area (Å²) in [5.41, 5.74) is 1.76. The first-order valence-electron chi connectivity index (χ1n) is 9.35. The van der Waals surface area contributed by atoms with E-state index in [1.807, 2.05) is 24.3 Å². The van der Waals surface area contributed by atoms with Gasteiger partial charge in [0.15, 0.2) is 0 Å². The number of carbonyl (C=O) groups excluding carboxylic acids is 2. The lowest BCUT2D eigenvalue weighted by molar-refractivity contribution is -0.134. The van der Waals surface area contributed by atoms with E-state index in [1.54, 1.807) is 0 Å². The summed E-state index contributed by atoms with van der Waals surface area (Å²) in [6, 6.07) is 7.74. The lowest BCUT2D eigenvalue weighted by Crippen LogP contribution is -2.59. The summed E-state index contributed by atoms with van der Waals surface area (Å²) in [7, 11) is 0. The first kappa shape index (κ1) is 19.2. The molecule has 2 heterocycles. The third-order valence-corrected chi connectivity index (χ3v) is 5.53. The zero-order chi connectivity index (χ0) is 19.8. The van der Waals surface area contributed by atoms with E-state index in [-0.39, 0.29) is 29.2 Å². The van der Waals surface area contributed by atoms with Gasteiger partial charge in [0.25, 0.3) is 0 Å². The summed E-state index contributed by atoms with van der Waals surface area (Å²) in [6.07, 6.45) is 0.0264. The molecule has 0 aliphatic carbocycles. The standard InChI is InChI=1S/C20H27N3O4/c1-20(2,3)16-12-22(10-11-23(16)19(26)27)14-6-4-13(5-7-14)15-8-9-17(24)21-18(15)25/h4-7,15-16H,8-12H2,1-3H3,(H,26,27)(H,21,24,25). The zero-order valence-corrected chi connectivity index (χ0v) is 16.1. The number of anilines is 1. The SMILES string of the molecule is CC(C)(C)C1CN(c2ccc(C3CCC(=O)NC3=O)cc2)CCN1C(=O)O. The maximum Gasteiger partial charge on any atom is 0.407 e. The normalized spacial score (nSPS) is 24.0. The Morgan fingerprint density at radius 3 is 2.37 bits per heavy atom. The second-order valence-electron chi connectivity index (χ2n) is 8.40. The quantitative estimate of drug-likeness (QED) is 0.777. The second kappa shape index (κ2) is 7.21. The topological polar surface area (TPSA) is 90.0 Å². The van der Waals surface area contributed by atoms with Gasteiger partial charge in [-0.25, -0.2) is 4.79 Å². The molecular weight excluding hydrogens is 346 g/mol. The molecule has 2 aliphatic heterocycles. The average molecular weight is 373 g/mol. The number of hydrogen-bond acceptors (Lipinski definition) is 4. The molecule has 146 valence electrons. The van der Waals surface area contributed by atoms with Gasteiger partial charge in [0.05, 0.1) is 12.0 Å². The van der Waals surface area contributed by atoms with Crippen LogP contribution in [-0.4, -0.2) is 53.6 Å². The lowest BCUT2D eigenvalue weighted by Gasteiger charge is -2.46. The van der Waals surface area contributed by atoms with Crippen molar-refractivity contribution < 1.29 is 19.5 Å². The summed E-state index contributed by atoms with van der Waals surface area (Å²) < 4.78 is 0. The number of carbonyl (C=O) groups is 3. The summed E-state index contributed by atoms with van der Waals surface area (Å²) in [5.74, 6) is -0.734. The van der Waals surface area contributed by atoms with E-state index in [2.05, 4.69) is 31.0 Å². The molecular formula is C20H27N3O4. The van der Waals surface area contributed by atoms with Crippen molar-refractivity contribution in [3.8, 4) is 0 Å². The van der Waals surface area contributed by atoms with Crippen molar-refractivity contribution in [2.75, 3.05) is 24.5 Å². The van der Waals surface area contributed by atoms with Crippen molar-refractivity contribution in [2.45, 2.75) is 45.6 Å². The van der Waals surface area contributed by atoms with Crippen LogP contribution in [0.15, 0.2) is 24.3 Å². The third kappa shape index (κ3) is 4.07. The molecule has 7 nitrogen and oxygen atoms in total. The van der Waals surface area contributed by atoms with Crippen molar-refractivity contribution in [2.24, 2.45) is 5.41 Å². The molecule has 0 bridgehead atoms. The monoisotopic (exact) mass is 373 g/mol.